The molecule has 0 aliphatic carbocycles. The quantitative estimate of drug-likeness (QED) is 0.525. The van der Waals surface area contributed by atoms with Crippen LogP contribution in [0.4, 0.5) is 0 Å². The van der Waals surface area contributed by atoms with Crippen LogP contribution < -0.4 is 5.56 Å². The molecule has 0 radical (unpaired) electrons. The van der Waals surface area contributed by atoms with Gasteiger partial charge in [0.1, 0.15) is 11.0 Å². The van der Waals surface area contributed by atoms with Gasteiger partial charge in [0, 0.05) is 18.7 Å². The van der Waals surface area contributed by atoms with Gasteiger partial charge in [-0.25, -0.2) is 4.98 Å². The standard InChI is InChI=1S/C20H17N5O2S/c26-19(13-7-8-17-18(10-13)23-28-22-17)24-9-3-4-14(11-24)25-12-21-16-6-2-1-5-15(16)20(25)27/h1-2,5-8,10,12,14H,3-4,9,11H2. The summed E-state index contributed by atoms with van der Waals surface area (Å²) < 4.78 is 10.1. The molecule has 140 valence electrons. The number of benzene rings is 2. The first-order valence-corrected chi connectivity index (χ1v) is 9.91. The van der Waals surface area contributed by atoms with Crippen LogP contribution >= 0.6 is 11.7 Å². The smallest absolute Gasteiger partial charge is 0.261 e. The number of para-hydroxylation sites is 1. The third-order valence-electron chi connectivity index (χ3n) is 5.27. The second-order valence-electron chi connectivity index (χ2n) is 6.99. The highest BCUT2D eigenvalue weighted by atomic mass is 32.1. The van der Waals surface area contributed by atoms with E-state index >= 15 is 0 Å². The van der Waals surface area contributed by atoms with Crippen molar-refractivity contribution in [1.82, 2.24) is 23.2 Å². The summed E-state index contributed by atoms with van der Waals surface area (Å²) in [6.45, 7) is 1.17. The van der Waals surface area contributed by atoms with Gasteiger partial charge < -0.3 is 4.90 Å². The molecule has 1 saturated heterocycles. The zero-order valence-corrected chi connectivity index (χ0v) is 15.8. The predicted molar refractivity (Wildman–Crippen MR) is 108 cm³/mol. The number of carbonyl (C=O) groups is 1. The van der Waals surface area contributed by atoms with E-state index in [9.17, 15) is 9.59 Å². The summed E-state index contributed by atoms with van der Waals surface area (Å²) in [4.78, 5) is 32.1. The molecule has 1 aliphatic rings. The molecule has 1 amide bonds. The minimum atomic E-state index is -0.0769. The van der Waals surface area contributed by atoms with Crippen LogP contribution in [0.15, 0.2) is 53.6 Å². The van der Waals surface area contributed by atoms with Crippen LogP contribution in [0.25, 0.3) is 21.9 Å². The van der Waals surface area contributed by atoms with E-state index in [4.69, 9.17) is 0 Å². The number of nitrogens with zero attached hydrogens (tertiary/aromatic N) is 5. The topological polar surface area (TPSA) is 81.0 Å². The summed E-state index contributed by atoms with van der Waals surface area (Å²) >= 11 is 1.14. The largest absolute Gasteiger partial charge is 0.337 e. The molecule has 1 atom stereocenters. The van der Waals surface area contributed by atoms with Crippen molar-refractivity contribution in [1.29, 1.82) is 0 Å². The molecule has 4 aromatic rings. The molecular weight excluding hydrogens is 374 g/mol. The second kappa shape index (κ2) is 6.79. The molecule has 0 saturated carbocycles. The molecule has 1 fully saturated rings. The molecule has 3 heterocycles. The number of aromatic nitrogens is 4. The molecule has 28 heavy (non-hydrogen) atoms. The average molecular weight is 391 g/mol. The summed E-state index contributed by atoms with van der Waals surface area (Å²) in [7, 11) is 0. The molecule has 5 rings (SSSR count). The fourth-order valence-electron chi connectivity index (χ4n) is 3.81. The highest BCUT2D eigenvalue weighted by Gasteiger charge is 2.26. The summed E-state index contributed by atoms with van der Waals surface area (Å²) in [6, 6.07) is 12.7. The van der Waals surface area contributed by atoms with Crippen molar-refractivity contribution < 1.29 is 4.79 Å². The zero-order chi connectivity index (χ0) is 19.1. The van der Waals surface area contributed by atoms with Crippen molar-refractivity contribution in [2.45, 2.75) is 18.9 Å². The molecule has 8 heteroatoms. The molecule has 2 aromatic carbocycles. The number of carbonyl (C=O) groups excluding carboxylic acids is 1. The Morgan fingerprint density at radius 1 is 1.07 bits per heavy atom. The number of piperidine rings is 1. The van der Waals surface area contributed by atoms with Crippen LogP contribution in [0.1, 0.15) is 29.2 Å². The van der Waals surface area contributed by atoms with Crippen LogP contribution in [0.2, 0.25) is 0 Å². The molecular formula is C20H17N5O2S. The summed E-state index contributed by atoms with van der Waals surface area (Å²) in [6.07, 6.45) is 3.30. The average Bonchev–Trinajstić information content (AvgIpc) is 3.22. The number of rotatable bonds is 2. The van der Waals surface area contributed by atoms with Crippen molar-refractivity contribution in [3.05, 3.63) is 64.7 Å². The molecule has 0 N–H and O–H groups in total. The van der Waals surface area contributed by atoms with Gasteiger partial charge in [-0.2, -0.15) is 8.75 Å². The van der Waals surface area contributed by atoms with Crippen LogP contribution in [-0.4, -0.2) is 42.2 Å². The lowest BCUT2D eigenvalue weighted by Crippen LogP contribution is -2.43. The third-order valence-corrected chi connectivity index (χ3v) is 5.82. The van der Waals surface area contributed by atoms with E-state index in [1.165, 1.54) is 0 Å². The Morgan fingerprint density at radius 3 is 2.86 bits per heavy atom. The second-order valence-corrected chi connectivity index (χ2v) is 7.52. The molecule has 7 nitrogen and oxygen atoms in total. The fraction of sp³-hybridized carbons (Fsp3) is 0.250. The van der Waals surface area contributed by atoms with Gasteiger partial charge in [0.2, 0.25) is 0 Å². The molecule has 0 bridgehead atoms. The van der Waals surface area contributed by atoms with Crippen molar-refractivity contribution in [3.63, 3.8) is 0 Å². The fourth-order valence-corrected chi connectivity index (χ4v) is 4.32. The maximum atomic E-state index is 13.0. The number of hydrogen-bond donors (Lipinski definition) is 0. The molecule has 2 aromatic heterocycles. The normalized spacial score (nSPS) is 17.3. The van der Waals surface area contributed by atoms with Gasteiger partial charge in [-0.3, -0.25) is 14.2 Å². The van der Waals surface area contributed by atoms with E-state index in [0.29, 0.717) is 29.6 Å². The van der Waals surface area contributed by atoms with Gasteiger partial charge in [0.15, 0.2) is 0 Å². The van der Waals surface area contributed by atoms with Crippen molar-refractivity contribution in [3.8, 4) is 0 Å². The Hall–Kier alpha value is -3.13. The minimum Gasteiger partial charge on any atom is -0.337 e. The highest BCUT2D eigenvalue weighted by Crippen LogP contribution is 2.23. The van der Waals surface area contributed by atoms with Gasteiger partial charge in [0.05, 0.1) is 35.0 Å². The lowest BCUT2D eigenvalue weighted by Gasteiger charge is -2.33. The third kappa shape index (κ3) is 2.86. The van der Waals surface area contributed by atoms with Gasteiger partial charge in [-0.1, -0.05) is 12.1 Å². The first-order chi connectivity index (χ1) is 13.7. The van der Waals surface area contributed by atoms with Crippen LogP contribution in [0.5, 0.6) is 0 Å². The first kappa shape index (κ1) is 17.0. The monoisotopic (exact) mass is 391 g/mol. The molecule has 1 unspecified atom stereocenters. The Labute approximate surface area is 164 Å². The lowest BCUT2D eigenvalue weighted by molar-refractivity contribution is 0.0677. The van der Waals surface area contributed by atoms with E-state index < -0.39 is 0 Å². The van der Waals surface area contributed by atoms with Crippen molar-refractivity contribution in [2.24, 2.45) is 0 Å². The van der Waals surface area contributed by atoms with Gasteiger partial charge >= 0.3 is 0 Å². The van der Waals surface area contributed by atoms with Gasteiger partial charge in [-0.15, -0.1) is 0 Å². The Balaban J connectivity index is 1.44. The van der Waals surface area contributed by atoms with Crippen LogP contribution in [0, 0.1) is 0 Å². The minimum absolute atomic E-state index is 0.0404. The number of hydrogen-bond acceptors (Lipinski definition) is 6. The molecule has 0 spiro atoms. The van der Waals surface area contributed by atoms with Crippen molar-refractivity contribution >= 4 is 39.6 Å². The van der Waals surface area contributed by atoms with Crippen LogP contribution in [-0.2, 0) is 0 Å². The number of likely N-dealkylation sites (tertiary alicyclic amines) is 1. The summed E-state index contributed by atoms with van der Waals surface area (Å²) in [5, 5.41) is 0.606. The first-order valence-electron chi connectivity index (χ1n) is 9.18. The van der Waals surface area contributed by atoms with E-state index in [0.717, 1.165) is 35.6 Å². The van der Waals surface area contributed by atoms with Crippen molar-refractivity contribution in [2.75, 3.05) is 13.1 Å². The van der Waals surface area contributed by atoms with E-state index in [2.05, 4.69) is 13.7 Å². The Bertz CT molecular complexity index is 1250. The number of amides is 1. The SMILES string of the molecule is O=C(c1ccc2nsnc2c1)N1CCCC(n2cnc3ccccc3c2=O)C1. The van der Waals surface area contributed by atoms with Gasteiger partial charge in [0.25, 0.3) is 11.5 Å². The summed E-state index contributed by atoms with van der Waals surface area (Å²) in [5.41, 5.74) is 2.77. The Morgan fingerprint density at radius 2 is 1.93 bits per heavy atom. The summed E-state index contributed by atoms with van der Waals surface area (Å²) in [5.74, 6) is -0.0404. The maximum Gasteiger partial charge on any atom is 0.261 e. The van der Waals surface area contributed by atoms with E-state index in [1.54, 1.807) is 29.1 Å². The predicted octanol–water partition coefficient (Wildman–Crippen LogP) is 2.88. The molecule has 1 aliphatic heterocycles. The zero-order valence-electron chi connectivity index (χ0n) is 15.0. The van der Waals surface area contributed by atoms with Crippen LogP contribution in [0.3, 0.4) is 0 Å². The highest BCUT2D eigenvalue weighted by molar-refractivity contribution is 7.00. The maximum absolute atomic E-state index is 13.0. The Kier molecular flexibility index (Phi) is 4.12. The van der Waals surface area contributed by atoms with Gasteiger partial charge in [-0.05, 0) is 43.2 Å². The number of fused-ring (bicyclic) bond motifs is 2. The van der Waals surface area contributed by atoms with E-state index in [1.807, 2.05) is 29.2 Å². The van der Waals surface area contributed by atoms with E-state index in [-0.39, 0.29) is 17.5 Å². The lowest BCUT2D eigenvalue weighted by atomic mass is 10.0.